The number of fused-ring (bicyclic) bond motifs is 1. The lowest BCUT2D eigenvalue weighted by Gasteiger charge is -2.21. The number of hydrogen-bond acceptors (Lipinski definition) is 7. The van der Waals surface area contributed by atoms with Crippen LogP contribution in [0.2, 0.25) is 0 Å². The molecule has 2 aromatic rings. The number of rotatable bonds is 3. The van der Waals surface area contributed by atoms with Crippen molar-refractivity contribution in [3.8, 4) is 0 Å². The monoisotopic (exact) mass is 664 g/mol. The molecule has 2 aliphatic rings. The number of aliphatic carboxylic acids is 3. The van der Waals surface area contributed by atoms with Gasteiger partial charge in [-0.05, 0) is 43.0 Å². The van der Waals surface area contributed by atoms with Crippen LogP contribution in [-0.2, 0) is 20.9 Å². The Morgan fingerprint density at radius 3 is 1.53 bits per heavy atom. The SMILES string of the molecule is Cc1cccc(C(=O)N2CC3CN(Cc4ccccn4)CC3C2)n1.O=C(O)C(F)(F)F.O=C(O)C(F)(F)F.O=C(O)C(F)(F)F. The summed E-state index contributed by atoms with van der Waals surface area (Å²) >= 11 is 0. The number of aromatic nitrogens is 2. The number of pyridine rings is 2. The molecule has 3 N–H and O–H groups in total. The minimum Gasteiger partial charge on any atom is -0.475 e. The highest BCUT2D eigenvalue weighted by Crippen LogP contribution is 2.32. The first-order chi connectivity index (χ1) is 20.5. The minimum atomic E-state index is -5.08. The lowest BCUT2D eigenvalue weighted by molar-refractivity contribution is -0.193. The van der Waals surface area contributed by atoms with Crippen molar-refractivity contribution in [3.63, 3.8) is 0 Å². The van der Waals surface area contributed by atoms with Crippen LogP contribution in [0.25, 0.3) is 0 Å². The van der Waals surface area contributed by atoms with Crippen LogP contribution in [0, 0.1) is 18.8 Å². The number of likely N-dealkylation sites (tertiary alicyclic amines) is 2. The van der Waals surface area contributed by atoms with E-state index in [9.17, 15) is 44.3 Å². The average molecular weight is 664 g/mol. The Kier molecular flexibility index (Phi) is 13.7. The Hall–Kier alpha value is -4.49. The van der Waals surface area contributed by atoms with E-state index in [1.165, 1.54) is 0 Å². The molecule has 0 aliphatic carbocycles. The highest BCUT2D eigenvalue weighted by Gasteiger charge is 2.42. The van der Waals surface area contributed by atoms with Crippen molar-refractivity contribution < 1.29 is 74.0 Å². The minimum absolute atomic E-state index is 0.0735. The third-order valence-electron chi connectivity index (χ3n) is 5.80. The summed E-state index contributed by atoms with van der Waals surface area (Å²) < 4.78 is 95.2. The number of carboxylic acids is 3. The van der Waals surface area contributed by atoms with Crippen LogP contribution in [0.3, 0.4) is 0 Å². The molecule has 0 saturated carbocycles. The molecule has 2 unspecified atom stereocenters. The second kappa shape index (κ2) is 16.0. The molecule has 0 aromatic carbocycles. The molecule has 4 heterocycles. The highest BCUT2D eigenvalue weighted by molar-refractivity contribution is 5.92. The fraction of sp³-hybridized carbons (Fsp3) is 0.440. The summed E-state index contributed by atoms with van der Waals surface area (Å²) in [4.78, 5) is 52.6. The lowest BCUT2D eigenvalue weighted by atomic mass is 10.0. The predicted molar refractivity (Wildman–Crippen MR) is 132 cm³/mol. The van der Waals surface area contributed by atoms with E-state index in [0.717, 1.165) is 44.1 Å². The normalized spacial score (nSPS) is 17.8. The summed E-state index contributed by atoms with van der Waals surface area (Å²) in [5.74, 6) is -7.05. The van der Waals surface area contributed by atoms with Crippen LogP contribution in [0.4, 0.5) is 39.5 Å². The van der Waals surface area contributed by atoms with Crippen LogP contribution in [0.1, 0.15) is 21.9 Å². The van der Waals surface area contributed by atoms with Gasteiger partial charge in [0, 0.05) is 44.6 Å². The third-order valence-corrected chi connectivity index (χ3v) is 5.80. The zero-order valence-electron chi connectivity index (χ0n) is 22.9. The van der Waals surface area contributed by atoms with Gasteiger partial charge in [0.15, 0.2) is 0 Å². The van der Waals surface area contributed by atoms with Crippen molar-refractivity contribution in [1.29, 1.82) is 0 Å². The molecule has 2 atom stereocenters. The number of carbonyl (C=O) groups is 4. The Balaban J connectivity index is 0.000000396. The first kappa shape index (κ1) is 38.5. The number of alkyl halides is 9. The van der Waals surface area contributed by atoms with E-state index >= 15 is 0 Å². The van der Waals surface area contributed by atoms with Gasteiger partial charge in [-0.2, -0.15) is 39.5 Å². The lowest BCUT2D eigenvalue weighted by Crippen LogP contribution is -2.33. The Bertz CT molecular complexity index is 1240. The van der Waals surface area contributed by atoms with E-state index in [4.69, 9.17) is 29.7 Å². The van der Waals surface area contributed by atoms with Gasteiger partial charge in [0.2, 0.25) is 0 Å². The molecule has 2 saturated heterocycles. The molecule has 11 nitrogen and oxygen atoms in total. The molecule has 1 amide bonds. The third kappa shape index (κ3) is 13.8. The molecule has 20 heteroatoms. The van der Waals surface area contributed by atoms with Gasteiger partial charge < -0.3 is 20.2 Å². The van der Waals surface area contributed by atoms with Crippen LogP contribution < -0.4 is 0 Å². The summed E-state index contributed by atoms with van der Waals surface area (Å²) in [5.41, 5.74) is 2.58. The summed E-state index contributed by atoms with van der Waals surface area (Å²) in [6.45, 7) is 6.61. The average Bonchev–Trinajstić information content (AvgIpc) is 3.47. The molecule has 2 aromatic heterocycles. The Morgan fingerprint density at radius 1 is 0.733 bits per heavy atom. The summed E-state index contributed by atoms with van der Waals surface area (Å²) in [6.07, 6.45) is -13.4. The molecule has 250 valence electrons. The summed E-state index contributed by atoms with van der Waals surface area (Å²) in [6, 6.07) is 11.7. The second-order valence-corrected chi connectivity index (χ2v) is 9.32. The molecule has 0 bridgehead atoms. The van der Waals surface area contributed by atoms with Crippen LogP contribution in [0.15, 0.2) is 42.6 Å². The quantitative estimate of drug-likeness (QED) is 0.411. The van der Waals surface area contributed by atoms with Crippen molar-refractivity contribution in [2.24, 2.45) is 11.8 Å². The maximum absolute atomic E-state index is 12.6. The second-order valence-electron chi connectivity index (χ2n) is 9.32. The molecule has 45 heavy (non-hydrogen) atoms. The maximum atomic E-state index is 12.6. The smallest absolute Gasteiger partial charge is 0.475 e. The van der Waals surface area contributed by atoms with Gasteiger partial charge in [0.25, 0.3) is 5.91 Å². The van der Waals surface area contributed by atoms with Crippen molar-refractivity contribution in [2.45, 2.75) is 32.0 Å². The highest BCUT2D eigenvalue weighted by atomic mass is 19.4. The van der Waals surface area contributed by atoms with Gasteiger partial charge in [-0.25, -0.2) is 19.4 Å². The number of carboxylic acid groups (broad SMARTS) is 3. The van der Waals surface area contributed by atoms with Crippen LogP contribution in [-0.4, -0.2) is 104 Å². The molecule has 4 rings (SSSR count). The van der Waals surface area contributed by atoms with Gasteiger partial charge in [0.1, 0.15) is 5.69 Å². The van der Waals surface area contributed by atoms with E-state index in [1.54, 1.807) is 0 Å². The fourth-order valence-corrected chi connectivity index (χ4v) is 3.93. The van der Waals surface area contributed by atoms with E-state index < -0.39 is 36.4 Å². The molecule has 0 radical (unpaired) electrons. The Labute approximate surface area is 247 Å². The van der Waals surface area contributed by atoms with Crippen LogP contribution in [0.5, 0.6) is 0 Å². The number of carbonyl (C=O) groups excluding carboxylic acids is 1. The molecular formula is C25H25F9N4O7. The zero-order chi connectivity index (χ0) is 34.8. The number of aryl methyl sites for hydroxylation is 1. The van der Waals surface area contributed by atoms with E-state index in [-0.39, 0.29) is 5.91 Å². The van der Waals surface area contributed by atoms with Gasteiger partial charge in [-0.15, -0.1) is 0 Å². The Morgan fingerprint density at radius 2 is 1.18 bits per heavy atom. The first-order valence-electron chi connectivity index (χ1n) is 12.3. The largest absolute Gasteiger partial charge is 0.490 e. The standard InChI is InChI=1S/C19H22N4O.3C2HF3O2/c1-14-5-4-7-18(21-14)19(24)23-11-15-9-22(10-16(15)12-23)13-17-6-2-3-8-20-17;3*3-2(4,5)1(6)7/h2-8,15-16H,9-13H2,1H3;3*(H,6,7). The summed E-state index contributed by atoms with van der Waals surface area (Å²) in [7, 11) is 0. The molecule has 2 fully saturated rings. The van der Waals surface area contributed by atoms with E-state index in [0.29, 0.717) is 17.5 Å². The van der Waals surface area contributed by atoms with Crippen LogP contribution >= 0.6 is 0 Å². The van der Waals surface area contributed by atoms with E-state index in [2.05, 4.69) is 20.9 Å². The first-order valence-corrected chi connectivity index (χ1v) is 12.3. The zero-order valence-corrected chi connectivity index (χ0v) is 22.9. The fourth-order valence-electron chi connectivity index (χ4n) is 3.93. The van der Waals surface area contributed by atoms with Crippen molar-refractivity contribution >= 4 is 23.8 Å². The summed E-state index contributed by atoms with van der Waals surface area (Å²) in [5, 5.41) is 21.4. The van der Waals surface area contributed by atoms with Crippen molar-refractivity contribution in [3.05, 3.63) is 59.7 Å². The van der Waals surface area contributed by atoms with Gasteiger partial charge in [-0.1, -0.05) is 12.1 Å². The van der Waals surface area contributed by atoms with Crippen molar-refractivity contribution in [1.82, 2.24) is 19.8 Å². The number of nitrogens with zero attached hydrogens (tertiary/aromatic N) is 4. The molecule has 2 aliphatic heterocycles. The number of hydrogen-bond donors (Lipinski definition) is 3. The topological polar surface area (TPSA) is 161 Å². The molecular weight excluding hydrogens is 639 g/mol. The maximum Gasteiger partial charge on any atom is 0.490 e. The van der Waals surface area contributed by atoms with E-state index in [1.807, 2.05) is 48.4 Å². The predicted octanol–water partition coefficient (Wildman–Crippen LogP) is 3.89. The van der Waals surface area contributed by atoms with Crippen molar-refractivity contribution in [2.75, 3.05) is 26.2 Å². The van der Waals surface area contributed by atoms with Gasteiger partial charge in [-0.3, -0.25) is 14.7 Å². The van der Waals surface area contributed by atoms with Gasteiger partial charge in [0.05, 0.1) is 5.69 Å². The van der Waals surface area contributed by atoms with Gasteiger partial charge >= 0.3 is 36.4 Å². The number of amides is 1. The molecule has 0 spiro atoms. The number of halogens is 9.